The molecule has 318 valence electrons. The molecule has 0 saturated heterocycles. The van der Waals surface area contributed by atoms with Crippen LogP contribution >= 0.6 is 0 Å². The lowest BCUT2D eigenvalue weighted by molar-refractivity contribution is -0.138. The number of methoxy groups -OCH3 is 4. The highest BCUT2D eigenvalue weighted by atomic mass is 16.7. The van der Waals surface area contributed by atoms with Crippen LogP contribution < -0.4 is 44.1 Å². The number of hydrogen-bond acceptors (Lipinski definition) is 12. The van der Waals surface area contributed by atoms with Crippen LogP contribution in [0.1, 0.15) is 55.9 Å². The Morgan fingerprint density at radius 3 is 2.15 bits per heavy atom. The zero-order valence-electron chi connectivity index (χ0n) is 35.4. The van der Waals surface area contributed by atoms with Crippen LogP contribution in [0.3, 0.4) is 0 Å². The molecule has 0 bridgehead atoms. The maximum atomic E-state index is 15.1. The molecule has 3 N–H and O–H groups in total. The van der Waals surface area contributed by atoms with Crippen molar-refractivity contribution >= 4 is 23.2 Å². The molecule has 60 heavy (non-hydrogen) atoms. The van der Waals surface area contributed by atoms with E-state index >= 15 is 4.79 Å². The first kappa shape index (κ1) is 42.0. The number of hydrogen-bond donors (Lipinski definition) is 3. The van der Waals surface area contributed by atoms with E-state index in [1.807, 2.05) is 93.4 Å². The average Bonchev–Trinajstić information content (AvgIpc) is 3.91. The van der Waals surface area contributed by atoms with Gasteiger partial charge in [-0.15, -0.1) is 0 Å². The van der Waals surface area contributed by atoms with E-state index in [2.05, 4.69) is 10.6 Å². The Morgan fingerprint density at radius 2 is 1.52 bits per heavy atom. The largest absolute Gasteiger partial charge is 0.508 e. The highest BCUT2D eigenvalue weighted by molar-refractivity contribution is 6.10. The number of ether oxygens (including phenoxy) is 7. The number of aromatic hydroxyl groups is 1. The number of benzene rings is 4. The van der Waals surface area contributed by atoms with Crippen molar-refractivity contribution in [3.63, 3.8) is 0 Å². The summed E-state index contributed by atoms with van der Waals surface area (Å²) >= 11 is 0. The molecule has 14 heteroatoms. The fourth-order valence-corrected chi connectivity index (χ4v) is 7.97. The molecule has 14 nitrogen and oxygen atoms in total. The minimum atomic E-state index is -0.854. The third-order valence-electron chi connectivity index (χ3n) is 11.4. The van der Waals surface area contributed by atoms with Gasteiger partial charge in [0.05, 0.1) is 69.9 Å². The van der Waals surface area contributed by atoms with E-state index in [1.54, 1.807) is 40.6 Å². The summed E-state index contributed by atoms with van der Waals surface area (Å²) in [5.74, 6) is 1.56. The molecule has 3 unspecified atom stereocenters. The van der Waals surface area contributed by atoms with E-state index in [0.29, 0.717) is 48.3 Å². The van der Waals surface area contributed by atoms with Crippen molar-refractivity contribution < 1.29 is 47.9 Å². The summed E-state index contributed by atoms with van der Waals surface area (Å²) in [6, 6.07) is 22.3. The van der Waals surface area contributed by atoms with E-state index in [4.69, 9.17) is 38.3 Å². The summed E-state index contributed by atoms with van der Waals surface area (Å²) in [6.07, 6.45) is 0.623. The van der Waals surface area contributed by atoms with Gasteiger partial charge in [-0.3, -0.25) is 14.6 Å². The standard InChI is InChI=1S/C46H54N4O10/c1-45(2,44(53)47-18-17-27-9-13-30(51)14-10-27)25-60-46(3,4)24-48-43(52)40-34-23-50(29-11-15-31(54-5)16-12-29)49-41(34)33-22-36-35(58-26-59-36)21-32(33)39(40)28-19-37(55-6)42(57-8)38(20-28)56-7/h9-16,19-22,34,39-40,51H,17-18,23-26H2,1-8H3,(H,47,53)(H,48,52). The van der Waals surface area contributed by atoms with Crippen LogP contribution in [-0.4, -0.2) is 89.7 Å². The fraction of sp³-hybridized carbons (Fsp3) is 0.413. The van der Waals surface area contributed by atoms with Crippen molar-refractivity contribution in [2.24, 2.45) is 22.4 Å². The van der Waals surface area contributed by atoms with Crippen LogP contribution in [0.4, 0.5) is 5.69 Å². The van der Waals surface area contributed by atoms with Crippen molar-refractivity contribution in [3.8, 4) is 40.2 Å². The van der Waals surface area contributed by atoms with Crippen LogP contribution in [-0.2, 0) is 20.7 Å². The van der Waals surface area contributed by atoms with Gasteiger partial charge in [-0.25, -0.2) is 0 Å². The lowest BCUT2D eigenvalue weighted by Crippen LogP contribution is -2.50. The molecule has 0 radical (unpaired) electrons. The number of nitrogens with one attached hydrogen (secondary N) is 2. The Bertz CT molecular complexity index is 2210. The SMILES string of the molecule is COc1ccc(N2CC3C(=N2)c2cc4c(cc2C(c2cc(OC)c(OC)c(OC)c2)C3C(=O)NCC(C)(C)OCC(C)(C)C(=O)NCCc2ccc(O)cc2)OCO4)cc1. The predicted molar refractivity (Wildman–Crippen MR) is 226 cm³/mol. The molecule has 2 amide bonds. The number of phenols is 1. The van der Waals surface area contributed by atoms with Crippen molar-refractivity contribution in [2.45, 2.75) is 45.6 Å². The number of hydrazone groups is 1. The molecule has 7 rings (SSSR count). The molecule has 0 saturated carbocycles. The maximum Gasteiger partial charge on any atom is 0.231 e. The van der Waals surface area contributed by atoms with E-state index in [1.165, 1.54) is 0 Å². The van der Waals surface area contributed by atoms with Gasteiger partial charge in [0.2, 0.25) is 24.4 Å². The molecule has 0 spiro atoms. The quantitative estimate of drug-likeness (QED) is 0.121. The molecule has 3 atom stereocenters. The number of amides is 2. The number of carbonyl (C=O) groups is 2. The average molecular weight is 823 g/mol. The molecule has 0 aromatic heterocycles. The summed E-state index contributed by atoms with van der Waals surface area (Å²) in [5.41, 5.74) is 3.39. The van der Waals surface area contributed by atoms with E-state index in [-0.39, 0.29) is 43.4 Å². The second kappa shape index (κ2) is 17.2. The maximum absolute atomic E-state index is 15.1. The molecule has 2 heterocycles. The van der Waals surface area contributed by atoms with Crippen molar-refractivity contribution in [1.29, 1.82) is 0 Å². The number of carbonyl (C=O) groups excluding carboxylic acids is 2. The van der Waals surface area contributed by atoms with Crippen LogP contribution in [0.25, 0.3) is 0 Å². The second-order valence-electron chi connectivity index (χ2n) is 16.4. The number of rotatable bonds is 16. The van der Waals surface area contributed by atoms with Gasteiger partial charge < -0.3 is 48.9 Å². The minimum absolute atomic E-state index is 0.0816. The Balaban J connectivity index is 1.17. The highest BCUT2D eigenvalue weighted by Crippen LogP contribution is 2.52. The zero-order valence-corrected chi connectivity index (χ0v) is 35.4. The van der Waals surface area contributed by atoms with Gasteiger partial charge in [-0.1, -0.05) is 12.1 Å². The van der Waals surface area contributed by atoms with Gasteiger partial charge in [0.15, 0.2) is 23.0 Å². The highest BCUT2D eigenvalue weighted by Gasteiger charge is 2.50. The molecule has 2 aliphatic heterocycles. The number of phenolic OH excluding ortho intramolecular Hbond substituents is 1. The molecule has 3 aliphatic rings. The smallest absolute Gasteiger partial charge is 0.231 e. The normalized spacial score (nSPS) is 17.9. The summed E-state index contributed by atoms with van der Waals surface area (Å²) in [5, 5.41) is 22.9. The molecule has 1 aliphatic carbocycles. The van der Waals surface area contributed by atoms with Crippen molar-refractivity contribution in [1.82, 2.24) is 10.6 Å². The molecular weight excluding hydrogens is 769 g/mol. The Hall–Kier alpha value is -6.15. The Kier molecular flexibility index (Phi) is 12.0. The van der Waals surface area contributed by atoms with Crippen molar-refractivity contribution in [2.75, 3.05) is 66.5 Å². The van der Waals surface area contributed by atoms with Gasteiger partial charge in [-0.2, -0.15) is 5.10 Å². The van der Waals surface area contributed by atoms with Gasteiger partial charge in [0.1, 0.15) is 11.5 Å². The van der Waals surface area contributed by atoms with Gasteiger partial charge >= 0.3 is 0 Å². The third-order valence-corrected chi connectivity index (χ3v) is 11.4. The third kappa shape index (κ3) is 8.60. The first-order valence-electron chi connectivity index (χ1n) is 20.0. The van der Waals surface area contributed by atoms with Crippen LogP contribution in [0.15, 0.2) is 77.9 Å². The topological polar surface area (TPSA) is 159 Å². The van der Waals surface area contributed by atoms with Crippen molar-refractivity contribution in [3.05, 3.63) is 95.1 Å². The van der Waals surface area contributed by atoms with E-state index in [9.17, 15) is 9.90 Å². The molecular formula is C46H54N4O10. The summed E-state index contributed by atoms with van der Waals surface area (Å²) < 4.78 is 40.9. The number of nitrogens with zero attached hydrogens (tertiary/aromatic N) is 2. The second-order valence-corrected chi connectivity index (χ2v) is 16.4. The Labute approximate surface area is 350 Å². The van der Waals surface area contributed by atoms with Gasteiger partial charge in [-0.05, 0) is 111 Å². The van der Waals surface area contributed by atoms with Crippen LogP contribution in [0, 0.1) is 17.3 Å². The minimum Gasteiger partial charge on any atom is -0.508 e. The molecule has 4 aromatic rings. The first-order valence-corrected chi connectivity index (χ1v) is 20.0. The number of fused-ring (bicyclic) bond motifs is 4. The van der Waals surface area contributed by atoms with E-state index < -0.39 is 22.9 Å². The monoisotopic (exact) mass is 822 g/mol. The fourth-order valence-electron chi connectivity index (χ4n) is 7.97. The molecule has 4 aromatic carbocycles. The zero-order chi connectivity index (χ0) is 42.8. The van der Waals surface area contributed by atoms with Gasteiger partial charge in [0, 0.05) is 30.5 Å². The summed E-state index contributed by atoms with van der Waals surface area (Å²) in [6.45, 7) is 8.69. The van der Waals surface area contributed by atoms with Crippen LogP contribution in [0.5, 0.6) is 40.2 Å². The summed E-state index contributed by atoms with van der Waals surface area (Å²) in [7, 11) is 6.31. The predicted octanol–water partition coefficient (Wildman–Crippen LogP) is 6.05. The van der Waals surface area contributed by atoms with E-state index in [0.717, 1.165) is 39.4 Å². The van der Waals surface area contributed by atoms with Gasteiger partial charge in [0.25, 0.3) is 0 Å². The lowest BCUT2D eigenvalue weighted by atomic mass is 9.65. The summed E-state index contributed by atoms with van der Waals surface area (Å²) in [4.78, 5) is 28.3. The Morgan fingerprint density at radius 1 is 0.850 bits per heavy atom. The van der Waals surface area contributed by atoms with Crippen LogP contribution in [0.2, 0.25) is 0 Å². The first-order chi connectivity index (χ1) is 28.7. The lowest BCUT2D eigenvalue weighted by Gasteiger charge is -2.39. The number of anilines is 1. The molecule has 0 fully saturated rings.